The van der Waals surface area contributed by atoms with Crippen molar-refractivity contribution in [3.8, 4) is 0 Å². The van der Waals surface area contributed by atoms with Gasteiger partial charge in [-0.15, -0.1) is 0 Å². The monoisotopic (exact) mass is 1480 g/mol. The minimum absolute atomic E-state index is 0.0140. The minimum atomic E-state index is -2.37. The molecule has 9 aromatic rings. The van der Waals surface area contributed by atoms with Crippen LogP contribution >= 0.6 is 34.8 Å². The lowest BCUT2D eigenvalue weighted by Gasteiger charge is -2.51. The summed E-state index contributed by atoms with van der Waals surface area (Å²) in [6, 6.07) is 86.3. The average Bonchev–Trinajstić information content (AvgIpc) is 0.768. The van der Waals surface area contributed by atoms with Crippen molar-refractivity contribution < 1.29 is 71.1 Å². The van der Waals surface area contributed by atoms with Gasteiger partial charge in [-0.1, -0.05) is 313 Å². The van der Waals surface area contributed by atoms with Crippen LogP contribution in [0.5, 0.6) is 0 Å². The summed E-state index contributed by atoms with van der Waals surface area (Å²) in [6.07, 6.45) is -16.7. The van der Waals surface area contributed by atoms with E-state index in [1.165, 1.54) is 0 Å². The summed E-state index contributed by atoms with van der Waals surface area (Å²) < 4.78 is 105. The van der Waals surface area contributed by atoms with E-state index in [1.807, 2.05) is 273 Å². The van der Waals surface area contributed by atoms with Crippen LogP contribution in [0.1, 0.15) is 50.1 Å². The van der Waals surface area contributed by atoms with E-state index < -0.39 is 102 Å². The summed E-state index contributed by atoms with van der Waals surface area (Å²) in [6.45, 7) is 0.696. The number of benzene rings is 9. The molecule has 3 aliphatic heterocycles. The largest absolute Gasteiger partial charge is 0.448 e. The topological polar surface area (TPSA) is 211 Å². The molecule has 0 aromatic heterocycles. The van der Waals surface area contributed by atoms with E-state index in [2.05, 4.69) is 10.0 Å². The molecule has 0 spiro atoms. The maximum absolute atomic E-state index is 10.6. The Morgan fingerprint density at radius 3 is 0.886 bits per heavy atom. The molecular formula is C83H85Cl3N4O15. The number of alkyl halides is 3. The highest BCUT2D eigenvalue weighted by Crippen LogP contribution is 2.41. The van der Waals surface area contributed by atoms with Crippen molar-refractivity contribution in [3.05, 3.63) is 334 Å². The van der Waals surface area contributed by atoms with Crippen LogP contribution in [0.3, 0.4) is 0 Å². The Balaban J connectivity index is 1.01. The first-order chi connectivity index (χ1) is 51.6. The van der Waals surface area contributed by atoms with Crippen molar-refractivity contribution in [2.45, 2.75) is 155 Å². The maximum atomic E-state index is 10.6. The van der Waals surface area contributed by atoms with E-state index in [-0.39, 0.29) is 79.3 Å². The first kappa shape index (κ1) is 76.7. The van der Waals surface area contributed by atoms with E-state index in [1.54, 1.807) is 0 Å². The molecule has 0 saturated carbocycles. The second kappa shape index (κ2) is 40.1. The fourth-order valence-electron chi connectivity index (χ4n) is 12.7. The molecule has 0 amide bonds. The molecule has 12 rings (SSSR count). The predicted molar refractivity (Wildman–Crippen MR) is 396 cm³/mol. The molecule has 0 aliphatic carbocycles. The van der Waals surface area contributed by atoms with Crippen LogP contribution in [0.2, 0.25) is 0 Å². The number of halogens is 3. The molecule has 548 valence electrons. The Kier molecular flexibility index (Phi) is 29.3. The van der Waals surface area contributed by atoms with Crippen LogP contribution in [0.15, 0.2) is 278 Å². The van der Waals surface area contributed by atoms with Gasteiger partial charge >= 0.3 is 0 Å². The Hall–Kier alpha value is -7.93. The first-order valence-electron chi connectivity index (χ1n) is 35.0. The highest BCUT2D eigenvalue weighted by Gasteiger charge is 2.58. The summed E-state index contributed by atoms with van der Waals surface area (Å²) in [7, 11) is 0. The van der Waals surface area contributed by atoms with E-state index in [9.17, 15) is 5.53 Å². The zero-order valence-corrected chi connectivity index (χ0v) is 60.0. The van der Waals surface area contributed by atoms with Crippen LogP contribution in [0, 0.1) is 5.41 Å². The molecule has 3 saturated heterocycles. The smallest absolute Gasteiger partial charge is 0.265 e. The predicted octanol–water partition coefficient (Wildman–Crippen LogP) is 16.1. The van der Waals surface area contributed by atoms with Crippen molar-refractivity contribution in [1.82, 2.24) is 0 Å². The zero-order chi connectivity index (χ0) is 72.3. The molecule has 0 bridgehead atoms. The van der Waals surface area contributed by atoms with Crippen molar-refractivity contribution in [2.24, 2.45) is 5.11 Å². The highest BCUT2D eigenvalue weighted by molar-refractivity contribution is 6.76. The number of rotatable bonds is 36. The molecule has 3 aliphatic rings. The number of nitrogens with one attached hydrogen (secondary N) is 1. The summed E-state index contributed by atoms with van der Waals surface area (Å²) >= 11 is 19.0. The Morgan fingerprint density at radius 1 is 0.324 bits per heavy atom. The lowest BCUT2D eigenvalue weighted by Crippen LogP contribution is -2.68. The van der Waals surface area contributed by atoms with Gasteiger partial charge in [0.15, 0.2) is 12.6 Å². The molecule has 3 fully saturated rings. The number of ether oxygens (including phenoxy) is 15. The minimum Gasteiger partial charge on any atom is -0.448 e. The molecule has 22 heteroatoms. The van der Waals surface area contributed by atoms with Gasteiger partial charge < -0.3 is 71.1 Å². The Morgan fingerprint density at radius 2 is 0.571 bits per heavy atom. The third-order valence-electron chi connectivity index (χ3n) is 17.9. The molecule has 3 heterocycles. The number of nitrogens with zero attached hydrogens (tertiary/aromatic N) is 3. The van der Waals surface area contributed by atoms with Crippen molar-refractivity contribution >= 4 is 40.7 Å². The molecule has 105 heavy (non-hydrogen) atoms. The average molecular weight is 1480 g/mol. The van der Waals surface area contributed by atoms with Gasteiger partial charge in [0.2, 0.25) is 12.2 Å². The van der Waals surface area contributed by atoms with Crippen molar-refractivity contribution in [3.63, 3.8) is 0 Å². The van der Waals surface area contributed by atoms with E-state index in [0.717, 1.165) is 50.1 Å². The Labute approximate surface area is 627 Å². The highest BCUT2D eigenvalue weighted by atomic mass is 35.6. The van der Waals surface area contributed by atoms with Crippen LogP contribution in [0.25, 0.3) is 10.4 Å². The molecule has 19 nitrogen and oxygen atoms in total. The van der Waals surface area contributed by atoms with E-state index in [4.69, 9.17) is 111 Å². The van der Waals surface area contributed by atoms with Gasteiger partial charge in [0.05, 0.1) is 79.3 Å². The van der Waals surface area contributed by atoms with Crippen molar-refractivity contribution in [2.75, 3.05) is 19.8 Å². The number of azide groups is 1. The van der Waals surface area contributed by atoms with Gasteiger partial charge in [-0.05, 0) is 55.6 Å². The first-order valence-corrected chi connectivity index (χ1v) is 36.1. The normalized spacial score (nSPS) is 24.7. The third-order valence-corrected chi connectivity index (χ3v) is 18.5. The second-order valence-corrected chi connectivity index (χ2v) is 27.8. The zero-order valence-electron chi connectivity index (χ0n) is 57.7. The Bertz CT molecular complexity index is 4010. The molecule has 0 unspecified atom stereocenters. The van der Waals surface area contributed by atoms with E-state index in [0.29, 0.717) is 0 Å². The summed E-state index contributed by atoms with van der Waals surface area (Å²) in [5, 5.41) is 13.1. The van der Waals surface area contributed by atoms with Crippen LogP contribution in [0.4, 0.5) is 0 Å². The number of hydrogen-bond donors (Lipinski definition) is 1. The number of hydrogen-bond acceptors (Lipinski definition) is 17. The molecule has 0 radical (unpaired) electrons. The molecule has 1 N–H and O–H groups in total. The summed E-state index contributed by atoms with van der Waals surface area (Å²) in [5.74, 6) is -0.812. The standard InChI is InChI=1S/C83H85Cl3N4O15/c84-83(85,86)82(87)105-79-70(89-90-88)74(96-51-63-38-20-6-21-39-63)73(69(100-79)57-93-48-60-32-14-3-15-33-60)103-81-78(99-54-66-44-26-9-27-45-66)76(72(95-50-62-36-18-5-19-37-62)68(102-81)56-92-47-59-30-12-2-13-31-59)104-80-77(98-53-65-42-24-8-25-43-65)75(97-52-64-40-22-7-23-41-64)71(94-49-61-34-16-4-17-35-61)67(101-80)55-91-46-58-28-10-1-11-29-58/h1-45,67-81,87H,46-57H2/t67-,68+,69-,70-,71+,72+,73-,74-,75+,76+,77-,78-,79-,80-,81+/m1/s1. The maximum Gasteiger partial charge on any atom is 0.265 e. The lowest BCUT2D eigenvalue weighted by molar-refractivity contribution is -0.390. The molecule has 9 aromatic carbocycles. The van der Waals surface area contributed by atoms with Gasteiger partial charge in [0, 0.05) is 4.91 Å². The fourth-order valence-corrected chi connectivity index (χ4v) is 12.8. The molecular weight excluding hydrogens is 1400 g/mol. The van der Waals surface area contributed by atoms with Gasteiger partial charge in [-0.3, -0.25) is 5.41 Å². The van der Waals surface area contributed by atoms with Crippen LogP contribution in [-0.2, 0) is 131 Å². The van der Waals surface area contributed by atoms with Crippen molar-refractivity contribution in [1.29, 1.82) is 5.41 Å². The summed E-state index contributed by atoms with van der Waals surface area (Å²) in [4.78, 5) is 3.29. The fraction of sp³-hybridized carbons (Fsp3) is 0.337. The molecule has 15 atom stereocenters. The van der Waals surface area contributed by atoms with Crippen LogP contribution < -0.4 is 0 Å². The van der Waals surface area contributed by atoms with Crippen LogP contribution in [-0.4, -0.2) is 122 Å². The third kappa shape index (κ3) is 22.8. The van der Waals surface area contributed by atoms with E-state index >= 15 is 0 Å². The lowest BCUT2D eigenvalue weighted by atomic mass is 9.94. The van der Waals surface area contributed by atoms with Gasteiger partial charge in [-0.25, -0.2) is 0 Å². The second-order valence-electron chi connectivity index (χ2n) is 25.5. The van der Waals surface area contributed by atoms with Gasteiger partial charge in [0.25, 0.3) is 3.79 Å². The quantitative estimate of drug-likeness (QED) is 0.00966. The van der Waals surface area contributed by atoms with Gasteiger partial charge in [0.1, 0.15) is 73.2 Å². The van der Waals surface area contributed by atoms with Gasteiger partial charge in [-0.2, -0.15) is 0 Å². The summed E-state index contributed by atoms with van der Waals surface area (Å²) in [5.41, 5.74) is 18.4. The SMILES string of the molecule is [N-]=[N+]=N[C@H]1[C@@H](OC(=N)C(Cl)(Cl)Cl)O[C@H](COCc2ccccc2)[C@@H](O[C@@H]2O[C@@H](COCc3ccccc3)[C@H](OCc3ccccc3)[C@H](O[C@H]3O[C@H](COCc4ccccc4)[C@H](OCc4ccccc4)[C@H](OCc4ccccc4)[C@H]3OCc3ccccc3)[C@H]2OCc2ccccc2)[C@@H]1OCc1ccccc1.